The fourth-order valence-corrected chi connectivity index (χ4v) is 1.60. The molecule has 3 nitrogen and oxygen atoms in total. The van der Waals surface area contributed by atoms with Crippen molar-refractivity contribution in [1.29, 1.82) is 0 Å². The van der Waals surface area contributed by atoms with E-state index >= 15 is 0 Å². The number of hydrogen-bond acceptors (Lipinski definition) is 3. The van der Waals surface area contributed by atoms with Gasteiger partial charge in [0.15, 0.2) is 11.6 Å². The highest BCUT2D eigenvalue weighted by Crippen LogP contribution is 2.15. The van der Waals surface area contributed by atoms with Gasteiger partial charge in [0.05, 0.1) is 12.2 Å². The third-order valence-electron chi connectivity index (χ3n) is 2.64. The van der Waals surface area contributed by atoms with Gasteiger partial charge in [0.25, 0.3) is 0 Å². The Morgan fingerprint density at radius 1 is 1.22 bits per heavy atom. The Morgan fingerprint density at radius 2 is 1.94 bits per heavy atom. The fraction of sp³-hybridized carbons (Fsp3) is 0.538. The Morgan fingerprint density at radius 3 is 2.56 bits per heavy atom. The average Bonchev–Trinajstić information content (AvgIpc) is 2.31. The molecule has 1 rings (SSSR count). The minimum atomic E-state index is -0.958. The average molecular weight is 259 g/mol. The zero-order valence-electron chi connectivity index (χ0n) is 10.4. The maximum absolute atomic E-state index is 12.9. The number of nitrogens with one attached hydrogen (secondary N) is 1. The van der Waals surface area contributed by atoms with Gasteiger partial charge in [0.2, 0.25) is 0 Å². The highest BCUT2D eigenvalue weighted by atomic mass is 19.2. The highest BCUT2D eigenvalue weighted by Gasteiger charge is 2.10. The Balaban J connectivity index is 2.31. The second-order valence-electron chi connectivity index (χ2n) is 4.38. The van der Waals surface area contributed by atoms with E-state index in [1.54, 1.807) is 6.92 Å². The predicted molar refractivity (Wildman–Crippen MR) is 65.1 cm³/mol. The summed E-state index contributed by atoms with van der Waals surface area (Å²) < 4.78 is 25.6. The van der Waals surface area contributed by atoms with E-state index in [-0.39, 0.29) is 12.6 Å². The van der Waals surface area contributed by atoms with Gasteiger partial charge in [0.1, 0.15) is 0 Å². The first-order valence-corrected chi connectivity index (χ1v) is 6.02. The molecule has 2 unspecified atom stereocenters. The van der Waals surface area contributed by atoms with Crippen LogP contribution < -0.4 is 5.32 Å². The second-order valence-corrected chi connectivity index (χ2v) is 4.38. The summed E-state index contributed by atoms with van der Waals surface area (Å²) in [5.41, 5.74) is 0.344. The molecule has 0 amide bonds. The van der Waals surface area contributed by atoms with E-state index in [1.165, 1.54) is 6.07 Å². The Bertz CT molecular complexity index is 372. The summed E-state index contributed by atoms with van der Waals surface area (Å²) >= 11 is 0. The van der Waals surface area contributed by atoms with Crippen LogP contribution in [0.3, 0.4) is 0 Å². The molecule has 1 aromatic carbocycles. The Kier molecular flexibility index (Phi) is 6.18. The molecule has 102 valence electrons. The van der Waals surface area contributed by atoms with Crippen LogP contribution in [0.15, 0.2) is 18.2 Å². The summed E-state index contributed by atoms with van der Waals surface area (Å²) in [6.45, 7) is 2.65. The van der Waals surface area contributed by atoms with Crippen molar-refractivity contribution in [2.75, 3.05) is 13.1 Å². The second kappa shape index (κ2) is 7.41. The first kappa shape index (κ1) is 15.0. The van der Waals surface area contributed by atoms with Crippen molar-refractivity contribution in [3.8, 4) is 0 Å². The van der Waals surface area contributed by atoms with Crippen molar-refractivity contribution in [2.45, 2.75) is 32.0 Å². The molecule has 3 N–H and O–H groups in total. The van der Waals surface area contributed by atoms with Gasteiger partial charge in [0, 0.05) is 6.54 Å². The van der Waals surface area contributed by atoms with E-state index in [4.69, 9.17) is 5.11 Å². The van der Waals surface area contributed by atoms with E-state index in [0.29, 0.717) is 18.5 Å². The van der Waals surface area contributed by atoms with Crippen LogP contribution in [0.25, 0.3) is 0 Å². The smallest absolute Gasteiger partial charge is 0.159 e. The lowest BCUT2D eigenvalue weighted by Gasteiger charge is -2.12. The third kappa shape index (κ3) is 5.08. The minimum Gasteiger partial charge on any atom is -0.393 e. The zero-order chi connectivity index (χ0) is 13.5. The first-order chi connectivity index (χ1) is 8.50. The van der Waals surface area contributed by atoms with Crippen LogP contribution in [0, 0.1) is 11.6 Å². The monoisotopic (exact) mass is 259 g/mol. The van der Waals surface area contributed by atoms with Gasteiger partial charge in [-0.3, -0.25) is 0 Å². The van der Waals surface area contributed by atoms with E-state index < -0.39 is 17.7 Å². The van der Waals surface area contributed by atoms with Crippen molar-refractivity contribution < 1.29 is 19.0 Å². The summed E-state index contributed by atoms with van der Waals surface area (Å²) in [6, 6.07) is 3.36. The normalized spacial score (nSPS) is 14.5. The molecule has 0 aliphatic rings. The molecule has 0 heterocycles. The number of rotatable bonds is 7. The maximum Gasteiger partial charge on any atom is 0.159 e. The van der Waals surface area contributed by atoms with Crippen molar-refractivity contribution in [1.82, 2.24) is 5.32 Å². The van der Waals surface area contributed by atoms with Gasteiger partial charge in [-0.1, -0.05) is 6.07 Å². The van der Waals surface area contributed by atoms with Crippen molar-refractivity contribution in [3.63, 3.8) is 0 Å². The Hall–Kier alpha value is -1.04. The van der Waals surface area contributed by atoms with Gasteiger partial charge >= 0.3 is 0 Å². The molecule has 18 heavy (non-hydrogen) atoms. The van der Waals surface area contributed by atoms with Crippen molar-refractivity contribution in [2.24, 2.45) is 0 Å². The topological polar surface area (TPSA) is 52.5 Å². The molecule has 0 radical (unpaired) electrons. The van der Waals surface area contributed by atoms with Crippen LogP contribution in [0.4, 0.5) is 8.78 Å². The fourth-order valence-electron chi connectivity index (χ4n) is 1.60. The zero-order valence-corrected chi connectivity index (χ0v) is 10.4. The molecule has 2 atom stereocenters. The molecule has 1 aromatic rings. The lowest BCUT2D eigenvalue weighted by atomic mass is 10.1. The van der Waals surface area contributed by atoms with Crippen LogP contribution in [-0.2, 0) is 0 Å². The lowest BCUT2D eigenvalue weighted by Crippen LogP contribution is -2.23. The largest absolute Gasteiger partial charge is 0.393 e. The molecule has 0 aromatic heterocycles. The van der Waals surface area contributed by atoms with Gasteiger partial charge in [-0.15, -0.1) is 0 Å². The lowest BCUT2D eigenvalue weighted by molar-refractivity contribution is 0.168. The van der Waals surface area contributed by atoms with Crippen LogP contribution >= 0.6 is 0 Å². The van der Waals surface area contributed by atoms with Crippen LogP contribution in [0.1, 0.15) is 31.4 Å². The van der Waals surface area contributed by atoms with Crippen LogP contribution in [0.2, 0.25) is 0 Å². The number of benzene rings is 1. The van der Waals surface area contributed by atoms with E-state index in [9.17, 15) is 13.9 Å². The molecule has 0 bridgehead atoms. The maximum atomic E-state index is 12.9. The molecule has 0 aliphatic carbocycles. The molecule has 0 saturated heterocycles. The SMILES string of the molecule is CC(O)CCCNCC(O)c1ccc(F)c(F)c1. The summed E-state index contributed by atoms with van der Waals surface area (Å²) in [4.78, 5) is 0. The molecule has 0 saturated carbocycles. The molecular weight excluding hydrogens is 240 g/mol. The third-order valence-corrected chi connectivity index (χ3v) is 2.64. The minimum absolute atomic E-state index is 0.269. The highest BCUT2D eigenvalue weighted by molar-refractivity contribution is 5.20. The molecule has 0 fully saturated rings. The summed E-state index contributed by atoms with van der Waals surface area (Å²) in [6.07, 6.45) is 0.283. The number of halogens is 2. The number of aliphatic hydroxyl groups is 2. The molecule has 5 heteroatoms. The predicted octanol–water partition coefficient (Wildman–Crippen LogP) is 1.75. The van der Waals surface area contributed by atoms with Gasteiger partial charge in [-0.05, 0) is 44.0 Å². The molecule has 0 aliphatic heterocycles. The van der Waals surface area contributed by atoms with Crippen molar-refractivity contribution in [3.05, 3.63) is 35.4 Å². The van der Waals surface area contributed by atoms with Crippen molar-refractivity contribution >= 4 is 0 Å². The number of aliphatic hydroxyl groups excluding tert-OH is 2. The number of hydrogen-bond donors (Lipinski definition) is 3. The summed E-state index contributed by atoms with van der Waals surface area (Å²) in [5.74, 6) is -1.88. The molecule has 0 spiro atoms. The summed E-state index contributed by atoms with van der Waals surface area (Å²) in [5, 5.41) is 21.8. The first-order valence-electron chi connectivity index (χ1n) is 6.02. The van der Waals surface area contributed by atoms with E-state index in [1.807, 2.05) is 0 Å². The quantitative estimate of drug-likeness (QED) is 0.654. The molecular formula is C13H19F2NO2. The van der Waals surface area contributed by atoms with E-state index in [0.717, 1.165) is 18.6 Å². The summed E-state index contributed by atoms with van der Waals surface area (Å²) in [7, 11) is 0. The Labute approximate surface area is 105 Å². The standard InChI is InChI=1S/C13H19F2NO2/c1-9(17)3-2-6-16-8-13(18)10-4-5-11(14)12(15)7-10/h4-5,7,9,13,16-18H,2-3,6,8H2,1H3. The van der Waals surface area contributed by atoms with Gasteiger partial charge < -0.3 is 15.5 Å². The van der Waals surface area contributed by atoms with Crippen LogP contribution in [0.5, 0.6) is 0 Å². The van der Waals surface area contributed by atoms with Gasteiger partial charge in [-0.25, -0.2) is 8.78 Å². The van der Waals surface area contributed by atoms with E-state index in [2.05, 4.69) is 5.32 Å². The van der Waals surface area contributed by atoms with Crippen LogP contribution in [-0.4, -0.2) is 29.4 Å². The van der Waals surface area contributed by atoms with Gasteiger partial charge in [-0.2, -0.15) is 0 Å².